The van der Waals surface area contributed by atoms with Crippen molar-refractivity contribution in [1.82, 2.24) is 0 Å². The van der Waals surface area contributed by atoms with Gasteiger partial charge in [-0.3, -0.25) is 4.79 Å². The molecule has 1 N–H and O–H groups in total. The first-order valence-corrected chi connectivity index (χ1v) is 8.73. The monoisotopic (exact) mass is 395 g/mol. The first-order chi connectivity index (χ1) is 14.0. The fourth-order valence-electron chi connectivity index (χ4n) is 3.28. The van der Waals surface area contributed by atoms with Crippen molar-refractivity contribution in [2.24, 2.45) is 0 Å². The van der Waals surface area contributed by atoms with Gasteiger partial charge in [0.15, 0.2) is 0 Å². The summed E-state index contributed by atoms with van der Waals surface area (Å²) in [6.07, 6.45) is 1.39. The van der Waals surface area contributed by atoms with Crippen LogP contribution in [0.5, 0.6) is 0 Å². The Labute approximate surface area is 163 Å². The van der Waals surface area contributed by atoms with Crippen molar-refractivity contribution in [3.05, 3.63) is 77.6 Å². The smallest absolute Gasteiger partial charge is 0.340 e. The summed E-state index contributed by atoms with van der Waals surface area (Å²) in [5.74, 6) is -3.57. The molecule has 3 aromatic carbocycles. The number of methoxy groups -OCH3 is 1. The normalized spacial score (nSPS) is 11.0. The van der Waals surface area contributed by atoms with Crippen LogP contribution in [-0.4, -0.2) is 19.0 Å². The Morgan fingerprint density at radius 2 is 1.86 bits per heavy atom. The topological polar surface area (TPSA) is 68.5 Å². The van der Waals surface area contributed by atoms with Crippen LogP contribution >= 0.6 is 0 Å². The van der Waals surface area contributed by atoms with Gasteiger partial charge in [-0.15, -0.1) is 0 Å². The number of carbonyl (C=O) groups excluding carboxylic acids is 2. The van der Waals surface area contributed by atoms with Crippen LogP contribution in [-0.2, 0) is 16.0 Å². The van der Waals surface area contributed by atoms with Gasteiger partial charge in [-0.05, 0) is 22.9 Å². The van der Waals surface area contributed by atoms with Gasteiger partial charge in [0, 0.05) is 17.0 Å². The third kappa shape index (κ3) is 3.42. The molecule has 1 aromatic heterocycles. The van der Waals surface area contributed by atoms with Crippen LogP contribution in [0.1, 0.15) is 15.9 Å². The maximum absolute atomic E-state index is 14.1. The van der Waals surface area contributed by atoms with Crippen molar-refractivity contribution < 1.29 is 27.5 Å². The summed E-state index contributed by atoms with van der Waals surface area (Å²) in [6, 6.07) is 12.9. The number of amides is 1. The lowest BCUT2D eigenvalue weighted by Crippen LogP contribution is -2.16. The quantitative estimate of drug-likeness (QED) is 0.503. The highest BCUT2D eigenvalue weighted by Gasteiger charge is 2.19. The van der Waals surface area contributed by atoms with Gasteiger partial charge in [0.05, 0.1) is 31.0 Å². The number of hydrogen-bond donors (Lipinski definition) is 1. The highest BCUT2D eigenvalue weighted by Crippen LogP contribution is 2.30. The molecule has 7 heteroatoms. The summed E-state index contributed by atoms with van der Waals surface area (Å²) >= 11 is 0. The molecule has 146 valence electrons. The Morgan fingerprint density at radius 1 is 1.07 bits per heavy atom. The molecule has 0 radical (unpaired) electrons. The molecule has 4 aromatic rings. The zero-order valence-electron chi connectivity index (χ0n) is 15.3. The van der Waals surface area contributed by atoms with Gasteiger partial charge >= 0.3 is 5.97 Å². The Hall–Kier alpha value is -3.74. The molecule has 0 spiro atoms. The fraction of sp³-hybridized carbons (Fsp3) is 0.0909. The van der Waals surface area contributed by atoms with Crippen LogP contribution in [0.25, 0.3) is 21.7 Å². The molecule has 0 aliphatic carbocycles. The number of esters is 1. The molecule has 0 atom stereocenters. The van der Waals surface area contributed by atoms with Gasteiger partial charge in [-0.2, -0.15) is 0 Å². The number of furan rings is 1. The Bertz CT molecular complexity index is 1260. The van der Waals surface area contributed by atoms with Gasteiger partial charge < -0.3 is 14.5 Å². The second-order valence-electron chi connectivity index (χ2n) is 6.45. The summed E-state index contributed by atoms with van der Waals surface area (Å²) in [4.78, 5) is 24.1. The molecule has 0 aliphatic rings. The van der Waals surface area contributed by atoms with Crippen LogP contribution in [0.3, 0.4) is 0 Å². The zero-order chi connectivity index (χ0) is 20.5. The molecule has 5 nitrogen and oxygen atoms in total. The lowest BCUT2D eigenvalue weighted by Gasteiger charge is -2.09. The lowest BCUT2D eigenvalue weighted by molar-refractivity contribution is -0.115. The molecule has 0 bridgehead atoms. The first-order valence-electron chi connectivity index (χ1n) is 8.73. The molecule has 29 heavy (non-hydrogen) atoms. The van der Waals surface area contributed by atoms with Crippen molar-refractivity contribution in [2.45, 2.75) is 6.42 Å². The highest BCUT2D eigenvalue weighted by molar-refractivity contribution is 6.09. The van der Waals surface area contributed by atoms with Crippen molar-refractivity contribution >= 4 is 39.3 Å². The number of benzene rings is 3. The maximum Gasteiger partial charge on any atom is 0.340 e. The number of rotatable bonds is 4. The Kier molecular flexibility index (Phi) is 4.72. The van der Waals surface area contributed by atoms with Crippen LogP contribution in [0, 0.1) is 11.6 Å². The molecule has 0 aliphatic heterocycles. The molecule has 0 fully saturated rings. The van der Waals surface area contributed by atoms with E-state index in [4.69, 9.17) is 4.42 Å². The van der Waals surface area contributed by atoms with E-state index in [1.54, 1.807) is 0 Å². The summed E-state index contributed by atoms with van der Waals surface area (Å²) < 4.78 is 37.9. The van der Waals surface area contributed by atoms with E-state index in [-0.39, 0.29) is 12.1 Å². The summed E-state index contributed by atoms with van der Waals surface area (Å²) in [7, 11) is 1.08. The Balaban J connectivity index is 1.64. The van der Waals surface area contributed by atoms with E-state index in [0.29, 0.717) is 17.2 Å². The van der Waals surface area contributed by atoms with Gasteiger partial charge in [-0.1, -0.05) is 30.3 Å². The molecule has 1 heterocycles. The fourth-order valence-corrected chi connectivity index (χ4v) is 3.28. The first kappa shape index (κ1) is 18.6. The average Bonchev–Trinajstić information content (AvgIpc) is 3.12. The number of anilines is 1. The minimum absolute atomic E-state index is 0.0919. The van der Waals surface area contributed by atoms with Crippen molar-refractivity contribution in [3.8, 4) is 0 Å². The molecular weight excluding hydrogens is 380 g/mol. The number of nitrogens with one attached hydrogen (secondary N) is 1. The predicted molar refractivity (Wildman–Crippen MR) is 104 cm³/mol. The predicted octanol–water partition coefficient (Wildman–Crippen LogP) is 4.83. The number of carbonyl (C=O) groups is 2. The SMILES string of the molecule is COC(=O)c1cc(NC(=O)Cc2coc3ccc4ccccc4c23)c(F)cc1F. The van der Waals surface area contributed by atoms with Crippen LogP contribution in [0.15, 0.2) is 59.2 Å². The van der Waals surface area contributed by atoms with E-state index >= 15 is 0 Å². The van der Waals surface area contributed by atoms with Crippen molar-refractivity contribution in [2.75, 3.05) is 12.4 Å². The molecule has 0 unspecified atom stereocenters. The summed E-state index contributed by atoms with van der Waals surface area (Å²) in [5, 5.41) is 5.11. The summed E-state index contributed by atoms with van der Waals surface area (Å²) in [5.41, 5.74) is 0.482. The van der Waals surface area contributed by atoms with E-state index in [9.17, 15) is 18.4 Å². The second-order valence-corrected chi connectivity index (χ2v) is 6.45. The van der Waals surface area contributed by atoms with E-state index in [1.165, 1.54) is 6.26 Å². The van der Waals surface area contributed by atoms with Crippen LogP contribution < -0.4 is 5.32 Å². The number of halogens is 2. The van der Waals surface area contributed by atoms with Crippen molar-refractivity contribution in [1.29, 1.82) is 0 Å². The minimum atomic E-state index is -1.07. The molecule has 0 saturated heterocycles. The van der Waals surface area contributed by atoms with E-state index in [1.807, 2.05) is 36.4 Å². The molecule has 1 amide bonds. The van der Waals surface area contributed by atoms with Gasteiger partial charge in [0.2, 0.25) is 5.91 Å². The molecular formula is C22H15F2NO4. The second kappa shape index (κ2) is 7.35. The number of hydrogen-bond acceptors (Lipinski definition) is 4. The van der Waals surface area contributed by atoms with E-state index < -0.39 is 29.1 Å². The molecule has 4 rings (SSSR count). The van der Waals surface area contributed by atoms with Crippen molar-refractivity contribution in [3.63, 3.8) is 0 Å². The number of fused-ring (bicyclic) bond motifs is 3. The zero-order valence-corrected chi connectivity index (χ0v) is 15.3. The van der Waals surface area contributed by atoms with Gasteiger partial charge in [0.1, 0.15) is 17.2 Å². The van der Waals surface area contributed by atoms with E-state index in [0.717, 1.165) is 29.3 Å². The van der Waals surface area contributed by atoms with Crippen LogP contribution in [0.2, 0.25) is 0 Å². The number of ether oxygens (including phenoxy) is 1. The minimum Gasteiger partial charge on any atom is -0.465 e. The third-order valence-corrected chi connectivity index (χ3v) is 4.63. The highest BCUT2D eigenvalue weighted by atomic mass is 19.1. The van der Waals surface area contributed by atoms with Gasteiger partial charge in [-0.25, -0.2) is 13.6 Å². The van der Waals surface area contributed by atoms with Crippen LogP contribution in [0.4, 0.5) is 14.5 Å². The third-order valence-electron chi connectivity index (χ3n) is 4.63. The van der Waals surface area contributed by atoms with E-state index in [2.05, 4.69) is 10.1 Å². The lowest BCUT2D eigenvalue weighted by atomic mass is 10.0. The molecule has 0 saturated carbocycles. The maximum atomic E-state index is 14.1. The summed E-state index contributed by atoms with van der Waals surface area (Å²) in [6.45, 7) is 0. The largest absolute Gasteiger partial charge is 0.465 e. The van der Waals surface area contributed by atoms with Gasteiger partial charge in [0.25, 0.3) is 0 Å². The standard InChI is InChI=1S/C22H15F2NO4/c1-28-22(27)15-9-18(17(24)10-16(15)23)25-20(26)8-13-11-29-19-7-6-12-4-2-3-5-14(12)21(13)19/h2-7,9-11H,8H2,1H3,(H,25,26). The average molecular weight is 395 g/mol. The Morgan fingerprint density at radius 3 is 2.66 bits per heavy atom.